The van der Waals surface area contributed by atoms with Crippen molar-refractivity contribution in [3.05, 3.63) is 81.3 Å². The van der Waals surface area contributed by atoms with Gasteiger partial charge in [-0.1, -0.05) is 69.5 Å². The molecule has 8 heteroatoms. The summed E-state index contributed by atoms with van der Waals surface area (Å²) in [4.78, 5) is 31.2. The molecule has 0 spiro atoms. The summed E-state index contributed by atoms with van der Waals surface area (Å²) in [6, 6.07) is 4.07. The lowest BCUT2D eigenvalue weighted by Crippen LogP contribution is -2.35. The van der Waals surface area contributed by atoms with E-state index >= 15 is 0 Å². The average molecular weight is 665 g/mol. The fourth-order valence-electron chi connectivity index (χ4n) is 7.03. The van der Waals surface area contributed by atoms with E-state index in [1.165, 1.54) is 13.3 Å². The third-order valence-electron chi connectivity index (χ3n) is 9.92. The molecular weight excluding hydrogens is 615 g/mol. The number of nitrogens with zero attached hydrogens (tertiary/aromatic N) is 1. The number of halogens is 2. The maximum absolute atomic E-state index is 13.4. The molecule has 0 aromatic heterocycles. The molecular formula is C39H50F2N2O3S. The summed E-state index contributed by atoms with van der Waals surface area (Å²) < 4.78 is 33.0. The van der Waals surface area contributed by atoms with Gasteiger partial charge in [-0.05, 0) is 104 Å². The van der Waals surface area contributed by atoms with Crippen molar-refractivity contribution >= 4 is 29.5 Å². The lowest BCUT2D eigenvalue weighted by Gasteiger charge is -2.29. The van der Waals surface area contributed by atoms with Gasteiger partial charge in [0.25, 0.3) is 11.2 Å². The number of rotatable bonds is 14. The normalized spacial score (nSPS) is 24.1. The van der Waals surface area contributed by atoms with Crippen LogP contribution in [0.25, 0.3) is 6.08 Å². The zero-order chi connectivity index (χ0) is 33.4. The summed E-state index contributed by atoms with van der Waals surface area (Å²) in [6.45, 7) is 5.75. The van der Waals surface area contributed by atoms with E-state index in [2.05, 4.69) is 30.5 Å². The Kier molecular flexibility index (Phi) is 12.3. The van der Waals surface area contributed by atoms with E-state index in [1.54, 1.807) is 0 Å². The summed E-state index contributed by atoms with van der Waals surface area (Å²) in [6.07, 6.45) is 23.2. The van der Waals surface area contributed by atoms with E-state index in [4.69, 9.17) is 9.73 Å². The molecule has 3 aliphatic carbocycles. The number of benzene rings is 1. The van der Waals surface area contributed by atoms with Gasteiger partial charge in [0.1, 0.15) is 11.5 Å². The number of carbonyl (C=O) groups is 2. The molecule has 0 bridgehead atoms. The fraction of sp³-hybridized carbons (Fsp3) is 0.564. The molecule has 4 unspecified atom stereocenters. The van der Waals surface area contributed by atoms with E-state index in [-0.39, 0.29) is 36.6 Å². The van der Waals surface area contributed by atoms with E-state index < -0.39 is 5.25 Å². The number of hydrogen-bond acceptors (Lipinski definition) is 5. The number of allylic oxidation sites excluding steroid dienone is 7. The van der Waals surface area contributed by atoms with Crippen LogP contribution in [0.15, 0.2) is 64.6 Å². The van der Waals surface area contributed by atoms with Gasteiger partial charge >= 0.3 is 0 Å². The van der Waals surface area contributed by atoms with E-state index in [0.29, 0.717) is 34.9 Å². The van der Waals surface area contributed by atoms with Crippen molar-refractivity contribution in [1.29, 1.82) is 0 Å². The zero-order valence-electron chi connectivity index (χ0n) is 28.2. The standard InChI is InChI=1S/C39H50F2N2O3S/c1-4-39(40,41)47-22-21-42-38(45)35-25-30-13-16-32(43-36(30)23-27(35)3)10-6-8-28-7-5-9-31(24-28)37(44)29-14-19-34(20-15-29)46-33-17-11-26(2)12-18-33/h11,13-14,17-19,23,25-26,28,31-32H,4-10,12,15-16,20-22,24H2,1-3H3,(H,42,45). The monoisotopic (exact) mass is 664 g/mol. The van der Waals surface area contributed by atoms with Gasteiger partial charge in [-0.15, -0.1) is 0 Å². The SMILES string of the molecule is CCC(F)(F)SCCNC(=O)c1cc2c(cc1C)=NC(CCCC1CCCC(C(=O)C3=CC=C(OC4=CCC(C)C=C4)CC3)C1)CC=2. The predicted molar refractivity (Wildman–Crippen MR) is 187 cm³/mol. The predicted octanol–water partition coefficient (Wildman–Crippen LogP) is 8.28. The minimum absolute atomic E-state index is 0.131. The Balaban J connectivity index is 1.07. The Labute approximate surface area is 282 Å². The zero-order valence-corrected chi connectivity index (χ0v) is 29.0. The Hall–Kier alpha value is -3.00. The summed E-state index contributed by atoms with van der Waals surface area (Å²) in [5.41, 5.74) is 2.36. The average Bonchev–Trinajstić information content (AvgIpc) is 3.07. The minimum atomic E-state index is -2.76. The highest BCUT2D eigenvalue weighted by Crippen LogP contribution is 2.36. The number of thioether (sulfide) groups is 1. The molecule has 4 aliphatic rings. The van der Waals surface area contributed by atoms with Gasteiger partial charge in [0.15, 0.2) is 5.78 Å². The molecule has 1 saturated carbocycles. The smallest absolute Gasteiger partial charge is 0.293 e. The van der Waals surface area contributed by atoms with Crippen LogP contribution >= 0.6 is 11.8 Å². The molecule has 254 valence electrons. The molecule has 0 radical (unpaired) electrons. The molecule has 1 aromatic carbocycles. The van der Waals surface area contributed by atoms with Gasteiger partial charge in [-0.2, -0.15) is 8.78 Å². The van der Waals surface area contributed by atoms with Crippen molar-refractivity contribution in [3.8, 4) is 0 Å². The summed E-state index contributed by atoms with van der Waals surface area (Å²) in [5, 5.41) is 1.90. The second-order valence-electron chi connectivity index (χ2n) is 13.7. The third-order valence-corrected chi connectivity index (χ3v) is 11.0. The van der Waals surface area contributed by atoms with Crippen LogP contribution in [0.4, 0.5) is 8.78 Å². The second kappa shape index (κ2) is 16.4. The molecule has 5 rings (SSSR count). The van der Waals surface area contributed by atoms with E-state index in [1.807, 2.05) is 37.3 Å². The first-order chi connectivity index (χ1) is 22.6. The van der Waals surface area contributed by atoms with Gasteiger partial charge in [-0.3, -0.25) is 14.6 Å². The van der Waals surface area contributed by atoms with Crippen molar-refractivity contribution in [3.63, 3.8) is 0 Å². The summed E-state index contributed by atoms with van der Waals surface area (Å²) in [7, 11) is 0. The van der Waals surface area contributed by atoms with Crippen LogP contribution in [-0.4, -0.2) is 35.3 Å². The number of ketones is 1. The number of Topliss-reactive ketones (excluding diaryl/α,β-unsaturated/α-hetero) is 1. The maximum atomic E-state index is 13.4. The van der Waals surface area contributed by atoms with Gasteiger partial charge in [0.05, 0.1) is 11.4 Å². The number of nitrogens with one attached hydrogen (secondary N) is 1. The minimum Gasteiger partial charge on any atom is -0.462 e. The van der Waals surface area contributed by atoms with Crippen LogP contribution in [0.5, 0.6) is 0 Å². The molecule has 1 heterocycles. The highest BCUT2D eigenvalue weighted by molar-refractivity contribution is 8.00. The first-order valence-corrected chi connectivity index (χ1v) is 18.6. The molecule has 1 N–H and O–H groups in total. The molecule has 47 heavy (non-hydrogen) atoms. The first kappa shape index (κ1) is 35.3. The topological polar surface area (TPSA) is 67.8 Å². The van der Waals surface area contributed by atoms with Crippen molar-refractivity contribution < 1.29 is 23.1 Å². The molecule has 4 atom stereocenters. The molecule has 1 aliphatic heterocycles. The number of aryl methyl sites for hydroxylation is 1. The number of amides is 1. The van der Waals surface area contributed by atoms with Gasteiger partial charge < -0.3 is 10.1 Å². The van der Waals surface area contributed by atoms with Gasteiger partial charge in [-0.25, -0.2) is 0 Å². The second-order valence-corrected chi connectivity index (χ2v) is 15.0. The fourth-order valence-corrected chi connectivity index (χ4v) is 7.73. The maximum Gasteiger partial charge on any atom is 0.293 e. The molecule has 1 amide bonds. The number of carbonyl (C=O) groups excluding carboxylic acids is 2. The number of hydrogen-bond donors (Lipinski definition) is 1. The van der Waals surface area contributed by atoms with Crippen molar-refractivity contribution in [2.24, 2.45) is 22.7 Å². The van der Waals surface area contributed by atoms with E-state index in [9.17, 15) is 18.4 Å². The first-order valence-electron chi connectivity index (χ1n) is 17.6. The van der Waals surface area contributed by atoms with Crippen molar-refractivity contribution in [2.45, 2.75) is 109 Å². The van der Waals surface area contributed by atoms with Gasteiger partial charge in [0, 0.05) is 36.6 Å². The van der Waals surface area contributed by atoms with Crippen LogP contribution in [-0.2, 0) is 9.53 Å². The van der Waals surface area contributed by atoms with Crippen LogP contribution in [0.1, 0.15) is 107 Å². The van der Waals surface area contributed by atoms with Gasteiger partial charge in [0.2, 0.25) is 0 Å². The Morgan fingerprint density at radius 3 is 2.70 bits per heavy atom. The molecule has 0 saturated heterocycles. The highest BCUT2D eigenvalue weighted by Gasteiger charge is 2.30. The molecule has 1 fully saturated rings. The largest absolute Gasteiger partial charge is 0.462 e. The van der Waals surface area contributed by atoms with Crippen molar-refractivity contribution in [1.82, 2.24) is 5.32 Å². The molecule has 5 nitrogen and oxygen atoms in total. The quantitative estimate of drug-likeness (QED) is 0.203. The number of ether oxygens (including phenoxy) is 1. The summed E-state index contributed by atoms with van der Waals surface area (Å²) >= 11 is 0.575. The van der Waals surface area contributed by atoms with Crippen LogP contribution in [0, 0.1) is 24.7 Å². The van der Waals surface area contributed by atoms with Crippen LogP contribution < -0.4 is 15.9 Å². The number of alkyl halides is 2. The highest BCUT2D eigenvalue weighted by atomic mass is 32.2. The Morgan fingerprint density at radius 2 is 1.96 bits per heavy atom. The van der Waals surface area contributed by atoms with E-state index in [0.717, 1.165) is 97.4 Å². The van der Waals surface area contributed by atoms with Crippen LogP contribution in [0.2, 0.25) is 0 Å². The van der Waals surface area contributed by atoms with Crippen molar-refractivity contribution in [2.75, 3.05) is 12.3 Å². The number of fused-ring (bicyclic) bond motifs is 1. The molecule has 1 aromatic rings. The Morgan fingerprint density at radius 1 is 1.11 bits per heavy atom. The Bertz CT molecular complexity index is 1560. The third kappa shape index (κ3) is 10.0. The van der Waals surface area contributed by atoms with Crippen LogP contribution in [0.3, 0.4) is 0 Å². The summed E-state index contributed by atoms with van der Waals surface area (Å²) in [5.74, 6) is 3.39. The lowest BCUT2D eigenvalue weighted by molar-refractivity contribution is -0.120. The lowest BCUT2D eigenvalue weighted by atomic mass is 9.75.